The van der Waals surface area contributed by atoms with Gasteiger partial charge in [-0.3, -0.25) is 4.79 Å². The number of carbonyl (C=O) groups is 2. The van der Waals surface area contributed by atoms with Gasteiger partial charge in [-0.2, -0.15) is 0 Å². The van der Waals surface area contributed by atoms with Crippen LogP contribution in [0.2, 0.25) is 0 Å². The Bertz CT molecular complexity index is 882. The first-order valence-corrected chi connectivity index (χ1v) is 7.77. The van der Waals surface area contributed by atoms with Crippen LogP contribution in [-0.4, -0.2) is 58.2 Å². The van der Waals surface area contributed by atoms with Crippen molar-refractivity contribution in [1.82, 2.24) is 15.0 Å². The van der Waals surface area contributed by atoms with Crippen LogP contribution in [0.25, 0.3) is 11.6 Å². The quantitative estimate of drug-likeness (QED) is 0.707. The normalized spacial score (nSPS) is 18.3. The van der Waals surface area contributed by atoms with E-state index in [9.17, 15) is 9.59 Å². The fraction of sp³-hybridized carbons (Fsp3) is 0.250. The molecule has 0 bridgehead atoms. The number of aromatic nitrogens is 3. The molecule has 9 nitrogen and oxygen atoms in total. The van der Waals surface area contributed by atoms with Crippen LogP contribution >= 0.6 is 0 Å². The van der Waals surface area contributed by atoms with E-state index in [0.29, 0.717) is 54.8 Å². The SMILES string of the molecule is O=C1Nc2ncnc(N3CCOCC3)c2/C1=C/c1ccc(C(=O)O)[nH]1. The number of morpholine rings is 1. The van der Waals surface area contributed by atoms with Gasteiger partial charge in [0.05, 0.1) is 24.4 Å². The molecule has 0 aromatic carbocycles. The molecule has 3 N–H and O–H groups in total. The molecule has 2 aliphatic rings. The van der Waals surface area contributed by atoms with Crippen molar-refractivity contribution in [3.63, 3.8) is 0 Å². The van der Waals surface area contributed by atoms with Crippen LogP contribution in [0.1, 0.15) is 21.7 Å². The van der Waals surface area contributed by atoms with Crippen LogP contribution in [0, 0.1) is 0 Å². The third-order valence-corrected chi connectivity index (χ3v) is 4.12. The van der Waals surface area contributed by atoms with E-state index in [1.165, 1.54) is 12.4 Å². The Hall–Kier alpha value is -3.20. The van der Waals surface area contributed by atoms with Crippen molar-refractivity contribution < 1.29 is 19.4 Å². The molecule has 0 radical (unpaired) electrons. The molecule has 25 heavy (non-hydrogen) atoms. The monoisotopic (exact) mass is 341 g/mol. The molecule has 0 saturated carbocycles. The minimum absolute atomic E-state index is 0.0585. The number of carboxylic acids is 1. The summed E-state index contributed by atoms with van der Waals surface area (Å²) in [5.74, 6) is -0.226. The largest absolute Gasteiger partial charge is 0.477 e. The van der Waals surface area contributed by atoms with Crippen molar-refractivity contribution in [2.24, 2.45) is 0 Å². The van der Waals surface area contributed by atoms with E-state index >= 15 is 0 Å². The molecule has 2 aliphatic heterocycles. The maximum absolute atomic E-state index is 12.4. The van der Waals surface area contributed by atoms with Crippen molar-refractivity contribution in [3.05, 3.63) is 35.4 Å². The van der Waals surface area contributed by atoms with Crippen LogP contribution in [0.5, 0.6) is 0 Å². The molecule has 4 rings (SSSR count). The minimum Gasteiger partial charge on any atom is -0.477 e. The summed E-state index contributed by atoms with van der Waals surface area (Å²) < 4.78 is 5.37. The van der Waals surface area contributed by atoms with Crippen molar-refractivity contribution in [3.8, 4) is 0 Å². The van der Waals surface area contributed by atoms with E-state index in [1.807, 2.05) is 0 Å². The first-order valence-electron chi connectivity index (χ1n) is 7.77. The highest BCUT2D eigenvalue weighted by Gasteiger charge is 2.31. The van der Waals surface area contributed by atoms with Gasteiger partial charge in [0.15, 0.2) is 0 Å². The number of nitrogens with zero attached hydrogens (tertiary/aromatic N) is 3. The lowest BCUT2D eigenvalue weighted by Gasteiger charge is -2.28. The zero-order chi connectivity index (χ0) is 17.4. The Morgan fingerprint density at radius 3 is 2.80 bits per heavy atom. The number of amides is 1. The van der Waals surface area contributed by atoms with Gasteiger partial charge in [-0.15, -0.1) is 0 Å². The third kappa shape index (κ3) is 2.74. The fourth-order valence-electron chi connectivity index (χ4n) is 2.94. The molecule has 1 amide bonds. The molecule has 1 saturated heterocycles. The van der Waals surface area contributed by atoms with Crippen LogP contribution in [0.4, 0.5) is 11.6 Å². The fourth-order valence-corrected chi connectivity index (χ4v) is 2.94. The molecule has 4 heterocycles. The summed E-state index contributed by atoms with van der Waals surface area (Å²) in [5, 5.41) is 11.7. The number of fused-ring (bicyclic) bond motifs is 1. The number of H-pyrrole nitrogens is 1. The smallest absolute Gasteiger partial charge is 0.352 e. The zero-order valence-corrected chi connectivity index (χ0v) is 13.2. The van der Waals surface area contributed by atoms with E-state index in [-0.39, 0.29) is 11.6 Å². The van der Waals surface area contributed by atoms with Gasteiger partial charge < -0.3 is 25.0 Å². The summed E-state index contributed by atoms with van der Waals surface area (Å²) in [6, 6.07) is 3.06. The number of hydrogen-bond acceptors (Lipinski definition) is 6. The van der Waals surface area contributed by atoms with E-state index < -0.39 is 5.97 Å². The lowest BCUT2D eigenvalue weighted by atomic mass is 10.1. The Morgan fingerprint density at radius 2 is 2.08 bits per heavy atom. The number of ether oxygens (including phenoxy) is 1. The van der Waals surface area contributed by atoms with Crippen molar-refractivity contribution in [1.29, 1.82) is 0 Å². The highest BCUT2D eigenvalue weighted by molar-refractivity contribution is 6.35. The maximum Gasteiger partial charge on any atom is 0.352 e. The van der Waals surface area contributed by atoms with Crippen LogP contribution < -0.4 is 10.2 Å². The number of carbonyl (C=O) groups excluding carboxylic acids is 1. The highest BCUT2D eigenvalue weighted by atomic mass is 16.5. The number of rotatable bonds is 3. The lowest BCUT2D eigenvalue weighted by molar-refractivity contribution is -0.110. The molecule has 0 unspecified atom stereocenters. The number of aromatic amines is 1. The summed E-state index contributed by atoms with van der Waals surface area (Å²) in [6.45, 7) is 2.54. The average molecular weight is 341 g/mol. The number of carboxylic acid groups (broad SMARTS) is 1. The Labute approximate surface area is 142 Å². The van der Waals surface area contributed by atoms with E-state index in [2.05, 4.69) is 25.2 Å². The molecule has 0 spiro atoms. The third-order valence-electron chi connectivity index (χ3n) is 4.12. The minimum atomic E-state index is -1.06. The molecule has 2 aromatic rings. The number of nitrogens with one attached hydrogen (secondary N) is 2. The van der Waals surface area contributed by atoms with Crippen LogP contribution in [0.15, 0.2) is 18.5 Å². The molecular formula is C16H15N5O4. The Kier molecular flexibility index (Phi) is 3.69. The van der Waals surface area contributed by atoms with Crippen molar-refractivity contribution in [2.45, 2.75) is 0 Å². The van der Waals surface area contributed by atoms with Crippen LogP contribution in [-0.2, 0) is 9.53 Å². The van der Waals surface area contributed by atoms with Crippen molar-refractivity contribution in [2.75, 3.05) is 36.5 Å². The first kappa shape index (κ1) is 15.3. The molecule has 128 valence electrons. The summed E-state index contributed by atoms with van der Waals surface area (Å²) in [7, 11) is 0. The summed E-state index contributed by atoms with van der Waals surface area (Å²) in [6.07, 6.45) is 3.03. The van der Waals surface area contributed by atoms with E-state index in [1.54, 1.807) is 12.1 Å². The van der Waals surface area contributed by atoms with Gasteiger partial charge >= 0.3 is 5.97 Å². The van der Waals surface area contributed by atoms with Gasteiger partial charge in [0.25, 0.3) is 5.91 Å². The Morgan fingerprint density at radius 1 is 1.28 bits per heavy atom. The van der Waals surface area contributed by atoms with E-state index in [0.717, 1.165) is 0 Å². The summed E-state index contributed by atoms with van der Waals surface area (Å²) in [4.78, 5) is 36.7. The molecule has 2 aromatic heterocycles. The topological polar surface area (TPSA) is 120 Å². The number of anilines is 2. The average Bonchev–Trinajstić information content (AvgIpc) is 3.21. The number of hydrogen-bond donors (Lipinski definition) is 3. The van der Waals surface area contributed by atoms with Gasteiger partial charge in [0, 0.05) is 18.8 Å². The second-order valence-corrected chi connectivity index (χ2v) is 5.66. The molecule has 0 atom stereocenters. The molecule has 9 heteroatoms. The first-order chi connectivity index (χ1) is 12.1. The molecule has 1 fully saturated rings. The van der Waals surface area contributed by atoms with Gasteiger partial charge in [-0.05, 0) is 18.2 Å². The second-order valence-electron chi connectivity index (χ2n) is 5.66. The zero-order valence-electron chi connectivity index (χ0n) is 13.2. The predicted molar refractivity (Wildman–Crippen MR) is 89.3 cm³/mol. The molecule has 0 aliphatic carbocycles. The van der Waals surface area contributed by atoms with Crippen LogP contribution in [0.3, 0.4) is 0 Å². The van der Waals surface area contributed by atoms with Gasteiger partial charge in [-0.1, -0.05) is 0 Å². The maximum atomic E-state index is 12.4. The summed E-state index contributed by atoms with van der Waals surface area (Å²) >= 11 is 0. The van der Waals surface area contributed by atoms with E-state index in [4.69, 9.17) is 9.84 Å². The van der Waals surface area contributed by atoms with Crippen molar-refractivity contribution >= 4 is 35.2 Å². The highest BCUT2D eigenvalue weighted by Crippen LogP contribution is 2.37. The van der Waals surface area contributed by atoms with Gasteiger partial charge in [0.1, 0.15) is 23.7 Å². The van der Waals surface area contributed by atoms with Gasteiger partial charge in [-0.25, -0.2) is 14.8 Å². The standard InChI is InChI=1S/C16H15N5O4/c22-15-10(7-9-1-2-11(19-9)16(23)24)12-13(20-15)17-8-18-14(12)21-3-5-25-6-4-21/h1-2,7-8,19H,3-6H2,(H,23,24)(H,17,18,20,22)/b10-7-. The second kappa shape index (κ2) is 6.02. The lowest BCUT2D eigenvalue weighted by Crippen LogP contribution is -2.37. The summed E-state index contributed by atoms with van der Waals surface area (Å²) in [5.41, 5.74) is 1.60. The van der Waals surface area contributed by atoms with Gasteiger partial charge in [0.2, 0.25) is 0 Å². The molecular weight excluding hydrogens is 326 g/mol. The predicted octanol–water partition coefficient (Wildman–Crippen LogP) is 0.832. The number of aromatic carboxylic acids is 1. The Balaban J connectivity index is 1.77.